The minimum absolute atomic E-state index is 0.0956. The number of halogens is 3. The number of rotatable bonds is 36. The van der Waals surface area contributed by atoms with E-state index in [1.165, 1.54) is 77.8 Å². The Morgan fingerprint density at radius 3 is 0.488 bits per heavy atom. The molecule has 0 bridgehead atoms. The van der Waals surface area contributed by atoms with Gasteiger partial charge >= 0.3 is 18.2 Å². The maximum atomic E-state index is 3.01. The molecule has 510 valence electrons. The van der Waals surface area contributed by atoms with Crippen LogP contribution in [0, 0.1) is 35.5 Å². The van der Waals surface area contributed by atoms with E-state index in [1.807, 2.05) is 0 Å². The van der Waals surface area contributed by atoms with Crippen LogP contribution in [0.15, 0.2) is 0 Å². The topological polar surface area (TPSA) is 29.2 Å². The van der Waals surface area contributed by atoms with Gasteiger partial charge in [0.15, 0.2) is 0 Å². The predicted molar refractivity (Wildman–Crippen MR) is 417 cm³/mol. The summed E-state index contributed by atoms with van der Waals surface area (Å²) in [5, 5.41) is 0. The van der Waals surface area contributed by atoms with E-state index < -0.39 is 18.2 Å². The van der Waals surface area contributed by atoms with Gasteiger partial charge in [-0.05, 0) is 176 Å². The van der Waals surface area contributed by atoms with Crippen LogP contribution in [-0.4, -0.2) is 170 Å². The zero-order valence-electron chi connectivity index (χ0n) is 64.3. The number of hydrogen-bond donors (Lipinski definition) is 0. The van der Waals surface area contributed by atoms with Crippen LogP contribution in [0.3, 0.4) is 0 Å². The lowest BCUT2D eigenvalue weighted by molar-refractivity contribution is 0.0681. The van der Waals surface area contributed by atoms with Gasteiger partial charge in [0.1, 0.15) is 0 Å². The quantitative estimate of drug-likeness (QED) is 0.0346. The SMILES string of the molecule is CC(C)CN(CC(C)C)[Si](I)(N(CC(C)C)CC(C)C)N(CC(C)C)CC(C)C.CC(C)N(C(C)(C)C)[Si](I)(N(C(C)C)C(C)(C)C)N(C(C)C)C(C)(C)C.CCC(C)N(C(C)CC)[Si](I)(N(C(C)CC)C(C)CC)N(C(C)CC)C(C)CC. The second kappa shape index (κ2) is 40.7. The van der Waals surface area contributed by atoms with Crippen LogP contribution in [0.1, 0.15) is 309 Å². The Balaban J connectivity index is -0.00000117. The van der Waals surface area contributed by atoms with Crippen LogP contribution in [-0.2, 0) is 0 Å². The van der Waals surface area contributed by atoms with Crippen molar-refractivity contribution in [3.63, 3.8) is 0 Å². The van der Waals surface area contributed by atoms with Crippen molar-refractivity contribution in [1.29, 1.82) is 0 Å². The van der Waals surface area contributed by atoms with E-state index in [2.05, 4.69) is 377 Å². The summed E-state index contributed by atoms with van der Waals surface area (Å²) in [6.45, 7) is 101. The summed E-state index contributed by atoms with van der Waals surface area (Å²) in [6.07, 6.45) is 7.28. The molecule has 0 N–H and O–H groups in total. The molecule has 6 atom stereocenters. The first-order chi connectivity index (χ1) is 37.9. The largest absolute Gasteiger partial charge is 0.360 e. The van der Waals surface area contributed by atoms with E-state index in [0.29, 0.717) is 89.9 Å². The molecule has 9 nitrogen and oxygen atoms in total. The van der Waals surface area contributed by atoms with E-state index in [0.717, 1.165) is 0 Å². The predicted octanol–water partition coefficient (Wildman–Crippen LogP) is 20.6. The standard InChI is InChI=1S/2C24H54IN3Si.C21H48IN3Si/c1-19(2)13-26(14-20(3)4)29(25,27(15-21(5)6)16-22(7)8)28(17-23(9)10)18-24(11)12;1-13-19(7)26(20(8)14-2)29(25,27(21(9)15-3)22(10)16-4)28(23(11)17-5)24(12)18-6;1-16(2)23(19(7,8)9)26(22,24(17(3)4)20(10,11)12)25(18(5)6)21(13,14)15/h2*19-24H,13-18H2,1-12H3;16-18H,1-15H3. The Labute approximate surface area is 573 Å². The van der Waals surface area contributed by atoms with Gasteiger partial charge in [-0.2, -0.15) is 0 Å². The first kappa shape index (κ1) is 90.7. The monoisotopic (exact) mass is 1580 g/mol. The van der Waals surface area contributed by atoms with E-state index >= 15 is 0 Å². The second-order valence-corrected chi connectivity index (χ2v) is 53.6. The van der Waals surface area contributed by atoms with Gasteiger partial charge in [-0.1, -0.05) is 273 Å². The smallest absolute Gasteiger partial charge is 0.291 e. The van der Waals surface area contributed by atoms with Crippen LogP contribution in [0.5, 0.6) is 0 Å². The van der Waals surface area contributed by atoms with E-state index in [9.17, 15) is 0 Å². The molecule has 0 aliphatic heterocycles. The summed E-state index contributed by atoms with van der Waals surface area (Å²) in [5.74, 6) is 4.14. The molecule has 0 amide bonds. The molecule has 15 heteroatoms. The molecule has 0 heterocycles. The first-order valence-electron chi connectivity index (χ1n) is 35.0. The van der Waals surface area contributed by atoms with Crippen molar-refractivity contribution in [2.45, 2.75) is 380 Å². The van der Waals surface area contributed by atoms with Crippen molar-refractivity contribution >= 4 is 83.6 Å². The van der Waals surface area contributed by atoms with Crippen molar-refractivity contribution in [1.82, 2.24) is 41.1 Å². The van der Waals surface area contributed by atoms with Crippen LogP contribution in [0.4, 0.5) is 0 Å². The van der Waals surface area contributed by atoms with Gasteiger partial charge in [-0.15, -0.1) is 0 Å². The number of nitrogens with zero attached hydrogens (tertiary/aromatic N) is 9. The fraction of sp³-hybridized carbons (Fsp3) is 1.00. The molecule has 6 unspecified atom stereocenters. The summed E-state index contributed by atoms with van der Waals surface area (Å²) in [5.41, 5.74) is 0.287. The maximum Gasteiger partial charge on any atom is 0.360 e. The lowest BCUT2D eigenvalue weighted by Gasteiger charge is -2.64. The average Bonchev–Trinajstić information content (AvgIpc) is 2.77. The normalized spacial score (nSPS) is 16.9. The molecular weight excluding hydrogens is 1420 g/mol. The van der Waals surface area contributed by atoms with Crippen LogP contribution in [0.2, 0.25) is 0 Å². The molecule has 0 radical (unpaired) electrons. The third-order valence-corrected chi connectivity index (χ3v) is 46.1. The van der Waals surface area contributed by atoms with E-state index in [1.54, 1.807) is 0 Å². The summed E-state index contributed by atoms with van der Waals surface area (Å²) in [6, 6.07) is -1.47. The highest BCUT2D eigenvalue weighted by Crippen LogP contribution is 2.45. The molecule has 0 aromatic heterocycles. The zero-order chi connectivity index (χ0) is 67.3. The molecule has 0 rings (SSSR count). The van der Waals surface area contributed by atoms with Crippen molar-refractivity contribution in [3.8, 4) is 0 Å². The van der Waals surface area contributed by atoms with E-state index in [4.69, 9.17) is 0 Å². The van der Waals surface area contributed by atoms with Gasteiger partial charge in [0.05, 0.1) is 0 Å². The van der Waals surface area contributed by atoms with Crippen LogP contribution in [0.25, 0.3) is 0 Å². The third-order valence-electron chi connectivity index (χ3n) is 16.7. The highest BCUT2D eigenvalue weighted by molar-refractivity contribution is 14.1. The molecule has 0 aliphatic carbocycles. The van der Waals surface area contributed by atoms with Crippen LogP contribution >= 0.6 is 65.4 Å². The molecule has 0 saturated heterocycles. The minimum Gasteiger partial charge on any atom is -0.291 e. The minimum atomic E-state index is -2.26. The molecule has 0 aliphatic rings. The molecule has 0 aromatic rings. The first-order valence-corrected chi connectivity index (χ1v) is 49.8. The summed E-state index contributed by atoms with van der Waals surface area (Å²) in [4.78, 5) is 0. The number of hydrogen-bond acceptors (Lipinski definition) is 9. The lowest BCUT2D eigenvalue weighted by atomic mass is 10.1. The van der Waals surface area contributed by atoms with Gasteiger partial charge in [0, 0.05) is 71.0 Å². The Bertz CT molecular complexity index is 1440. The fourth-order valence-corrected chi connectivity index (χ4v) is 52.6. The van der Waals surface area contributed by atoms with Gasteiger partial charge < -0.3 is 0 Å². The molecule has 0 saturated carbocycles. The molecule has 84 heavy (non-hydrogen) atoms. The third kappa shape index (κ3) is 27.4. The van der Waals surface area contributed by atoms with Gasteiger partial charge in [0.25, 0.3) is 0 Å². The summed E-state index contributed by atoms with van der Waals surface area (Å²) < 4.78 is 26.4. The maximum absolute atomic E-state index is 3.01. The van der Waals surface area contributed by atoms with Crippen molar-refractivity contribution in [2.75, 3.05) is 39.3 Å². The van der Waals surface area contributed by atoms with Gasteiger partial charge in [0.2, 0.25) is 0 Å². The highest BCUT2D eigenvalue weighted by atomic mass is 127. The lowest BCUT2D eigenvalue weighted by Crippen LogP contribution is -2.83. The summed E-state index contributed by atoms with van der Waals surface area (Å²) in [7, 11) is 0. The van der Waals surface area contributed by atoms with Crippen molar-refractivity contribution < 1.29 is 0 Å². The molecule has 0 aromatic carbocycles. The fourth-order valence-electron chi connectivity index (χ4n) is 13.7. The Hall–Kier alpha value is 2.48. The van der Waals surface area contributed by atoms with Gasteiger partial charge in [-0.25, -0.2) is 0 Å². The van der Waals surface area contributed by atoms with Crippen LogP contribution < -0.4 is 0 Å². The molecule has 0 spiro atoms. The Morgan fingerprint density at radius 2 is 0.393 bits per heavy atom. The Kier molecular flexibility index (Phi) is 43.9. The zero-order valence-corrected chi connectivity index (χ0v) is 73.8. The Morgan fingerprint density at radius 1 is 0.250 bits per heavy atom. The van der Waals surface area contributed by atoms with E-state index in [-0.39, 0.29) is 16.6 Å². The average molecular weight is 1580 g/mol. The second-order valence-electron chi connectivity index (χ2n) is 32.4. The summed E-state index contributed by atoms with van der Waals surface area (Å²) >= 11 is 8.89. The van der Waals surface area contributed by atoms with Crippen molar-refractivity contribution in [3.05, 3.63) is 0 Å². The molecule has 0 fully saturated rings. The molecular formula is C69H156I3N9Si3. The van der Waals surface area contributed by atoms with Gasteiger partial charge in [-0.3, -0.25) is 41.1 Å². The van der Waals surface area contributed by atoms with Crippen molar-refractivity contribution in [2.24, 2.45) is 35.5 Å². The highest BCUT2D eigenvalue weighted by Gasteiger charge is 2.61.